The largest absolute Gasteiger partial charge is 0.489 e. The van der Waals surface area contributed by atoms with Crippen molar-refractivity contribution in [1.29, 1.82) is 0 Å². The average molecular weight is 325 g/mol. The molecular weight excluding hydrogens is 294 g/mol. The molecule has 0 aliphatic heterocycles. The number of rotatable bonds is 9. The van der Waals surface area contributed by atoms with Crippen molar-refractivity contribution < 1.29 is 4.74 Å². The monoisotopic (exact) mass is 325 g/mol. The number of ether oxygens (including phenoxy) is 1. The van der Waals surface area contributed by atoms with Gasteiger partial charge in [-0.25, -0.2) is 0 Å². The summed E-state index contributed by atoms with van der Waals surface area (Å²) in [5, 5.41) is 3.65. The summed E-state index contributed by atoms with van der Waals surface area (Å²) >= 11 is 0. The predicted octanol–water partition coefficient (Wildman–Crippen LogP) is 5.60. The predicted molar refractivity (Wildman–Crippen MR) is 102 cm³/mol. The second-order valence-corrected chi connectivity index (χ2v) is 6.99. The summed E-state index contributed by atoms with van der Waals surface area (Å²) in [5.74, 6) is 2.24. The quantitative estimate of drug-likeness (QED) is 0.648. The fraction of sp³-hybridized carbons (Fsp3) is 0.455. The van der Waals surface area contributed by atoms with E-state index < -0.39 is 0 Å². The lowest BCUT2D eigenvalue weighted by molar-refractivity contribution is 0.302. The molecule has 2 unspecified atom stereocenters. The van der Waals surface area contributed by atoms with E-state index in [9.17, 15) is 0 Å². The minimum Gasteiger partial charge on any atom is -0.489 e. The Morgan fingerprint density at radius 2 is 1.71 bits per heavy atom. The summed E-state index contributed by atoms with van der Waals surface area (Å²) in [4.78, 5) is 0. The molecule has 2 aromatic carbocycles. The van der Waals surface area contributed by atoms with Gasteiger partial charge in [0, 0.05) is 6.04 Å². The summed E-state index contributed by atoms with van der Waals surface area (Å²) in [6, 6.07) is 19.2. The van der Waals surface area contributed by atoms with Crippen LogP contribution in [0.25, 0.3) is 0 Å². The van der Waals surface area contributed by atoms with Crippen LogP contribution in [0.1, 0.15) is 51.3 Å². The van der Waals surface area contributed by atoms with Gasteiger partial charge in [0.25, 0.3) is 0 Å². The van der Waals surface area contributed by atoms with Crippen LogP contribution in [0.2, 0.25) is 0 Å². The van der Waals surface area contributed by atoms with Crippen LogP contribution in [0.5, 0.6) is 5.75 Å². The lowest BCUT2D eigenvalue weighted by atomic mass is 9.87. The first-order valence-corrected chi connectivity index (χ1v) is 9.10. The third-order valence-electron chi connectivity index (χ3n) is 4.30. The molecule has 2 aromatic rings. The maximum absolute atomic E-state index is 5.99. The Morgan fingerprint density at radius 3 is 2.38 bits per heavy atom. The summed E-state index contributed by atoms with van der Waals surface area (Å²) in [6.07, 6.45) is 1.22. The maximum atomic E-state index is 5.99. The molecule has 130 valence electrons. The standard InChI is InChI=1S/C22H31NO/c1-5-23-22(18(4)14-17(2)3)20-12-9-13-21(15-20)24-16-19-10-7-6-8-11-19/h6-13,15,17-18,22-23H,5,14,16H2,1-4H3. The van der Waals surface area contributed by atoms with Crippen molar-refractivity contribution >= 4 is 0 Å². The Labute approximate surface area is 147 Å². The molecule has 0 fully saturated rings. The first kappa shape index (κ1) is 18.5. The van der Waals surface area contributed by atoms with Crippen LogP contribution < -0.4 is 10.1 Å². The van der Waals surface area contributed by atoms with Crippen molar-refractivity contribution in [1.82, 2.24) is 5.32 Å². The molecule has 2 nitrogen and oxygen atoms in total. The van der Waals surface area contributed by atoms with Crippen LogP contribution in [0.4, 0.5) is 0 Å². The fourth-order valence-electron chi connectivity index (χ4n) is 3.29. The first-order chi connectivity index (χ1) is 11.6. The van der Waals surface area contributed by atoms with Gasteiger partial charge in [0.15, 0.2) is 0 Å². The van der Waals surface area contributed by atoms with E-state index in [0.29, 0.717) is 24.5 Å². The molecule has 2 rings (SSSR count). The third-order valence-corrected chi connectivity index (χ3v) is 4.30. The van der Waals surface area contributed by atoms with E-state index in [2.05, 4.69) is 63.3 Å². The van der Waals surface area contributed by atoms with Gasteiger partial charge in [-0.2, -0.15) is 0 Å². The first-order valence-electron chi connectivity index (χ1n) is 9.10. The lowest BCUT2D eigenvalue weighted by Gasteiger charge is -2.27. The highest BCUT2D eigenvalue weighted by Gasteiger charge is 2.19. The molecule has 24 heavy (non-hydrogen) atoms. The molecule has 0 bridgehead atoms. The molecule has 0 amide bonds. The van der Waals surface area contributed by atoms with Gasteiger partial charge in [0.1, 0.15) is 12.4 Å². The van der Waals surface area contributed by atoms with E-state index in [1.807, 2.05) is 24.3 Å². The van der Waals surface area contributed by atoms with Crippen LogP contribution in [-0.4, -0.2) is 6.54 Å². The van der Waals surface area contributed by atoms with Gasteiger partial charge in [-0.05, 0) is 48.1 Å². The van der Waals surface area contributed by atoms with E-state index in [-0.39, 0.29) is 0 Å². The second-order valence-electron chi connectivity index (χ2n) is 6.99. The maximum Gasteiger partial charge on any atom is 0.120 e. The molecular formula is C22H31NO. The van der Waals surface area contributed by atoms with Crippen molar-refractivity contribution in [2.45, 2.75) is 46.8 Å². The van der Waals surface area contributed by atoms with Gasteiger partial charge < -0.3 is 10.1 Å². The number of nitrogens with one attached hydrogen (secondary N) is 1. The van der Waals surface area contributed by atoms with E-state index >= 15 is 0 Å². The zero-order valence-electron chi connectivity index (χ0n) is 15.5. The Balaban J connectivity index is 2.08. The van der Waals surface area contributed by atoms with Gasteiger partial charge in [-0.1, -0.05) is 70.2 Å². The molecule has 0 heterocycles. The van der Waals surface area contributed by atoms with Crippen LogP contribution in [-0.2, 0) is 6.61 Å². The van der Waals surface area contributed by atoms with Gasteiger partial charge in [0.05, 0.1) is 0 Å². The highest BCUT2D eigenvalue weighted by molar-refractivity contribution is 5.31. The Hall–Kier alpha value is -1.80. The van der Waals surface area contributed by atoms with E-state index in [0.717, 1.165) is 12.3 Å². The van der Waals surface area contributed by atoms with Gasteiger partial charge in [-0.3, -0.25) is 0 Å². The zero-order valence-corrected chi connectivity index (χ0v) is 15.5. The van der Waals surface area contributed by atoms with E-state index in [1.54, 1.807) is 0 Å². The molecule has 2 atom stereocenters. The van der Waals surface area contributed by atoms with Crippen molar-refractivity contribution in [3.63, 3.8) is 0 Å². The van der Waals surface area contributed by atoms with Crippen molar-refractivity contribution in [2.75, 3.05) is 6.54 Å². The minimum atomic E-state index is 0.373. The van der Waals surface area contributed by atoms with Gasteiger partial charge in [0.2, 0.25) is 0 Å². The smallest absolute Gasteiger partial charge is 0.120 e. The Bertz CT molecular complexity index is 594. The third kappa shape index (κ3) is 5.68. The number of hydrogen-bond acceptors (Lipinski definition) is 2. The highest BCUT2D eigenvalue weighted by atomic mass is 16.5. The normalized spacial score (nSPS) is 13.7. The van der Waals surface area contributed by atoms with Crippen LogP contribution in [0.3, 0.4) is 0 Å². The number of benzene rings is 2. The highest BCUT2D eigenvalue weighted by Crippen LogP contribution is 2.29. The van der Waals surface area contributed by atoms with E-state index in [1.165, 1.54) is 17.5 Å². The van der Waals surface area contributed by atoms with Gasteiger partial charge in [-0.15, -0.1) is 0 Å². The fourth-order valence-corrected chi connectivity index (χ4v) is 3.29. The summed E-state index contributed by atoms with van der Waals surface area (Å²) in [5.41, 5.74) is 2.51. The molecule has 2 heteroatoms. The summed E-state index contributed by atoms with van der Waals surface area (Å²) in [6.45, 7) is 10.7. The lowest BCUT2D eigenvalue weighted by Crippen LogP contribution is -2.27. The second kappa shape index (κ2) is 9.48. The topological polar surface area (TPSA) is 21.3 Å². The summed E-state index contributed by atoms with van der Waals surface area (Å²) in [7, 11) is 0. The van der Waals surface area contributed by atoms with Crippen LogP contribution >= 0.6 is 0 Å². The van der Waals surface area contributed by atoms with Crippen molar-refractivity contribution in [2.24, 2.45) is 11.8 Å². The van der Waals surface area contributed by atoms with Crippen LogP contribution in [0.15, 0.2) is 54.6 Å². The molecule has 0 radical (unpaired) electrons. The molecule has 0 saturated carbocycles. The SMILES string of the molecule is CCNC(c1cccc(OCc2ccccc2)c1)C(C)CC(C)C. The van der Waals surface area contributed by atoms with Gasteiger partial charge >= 0.3 is 0 Å². The molecule has 0 aromatic heterocycles. The molecule has 0 spiro atoms. The Kier molecular flexibility index (Phi) is 7.33. The Morgan fingerprint density at radius 1 is 0.958 bits per heavy atom. The zero-order chi connectivity index (χ0) is 17.4. The molecule has 0 aliphatic carbocycles. The van der Waals surface area contributed by atoms with E-state index in [4.69, 9.17) is 4.74 Å². The van der Waals surface area contributed by atoms with Crippen molar-refractivity contribution in [3.8, 4) is 5.75 Å². The number of hydrogen-bond donors (Lipinski definition) is 1. The molecule has 0 aliphatic rings. The van der Waals surface area contributed by atoms with Crippen LogP contribution in [0, 0.1) is 11.8 Å². The molecule has 0 saturated heterocycles. The van der Waals surface area contributed by atoms with Crippen molar-refractivity contribution in [3.05, 3.63) is 65.7 Å². The summed E-state index contributed by atoms with van der Waals surface area (Å²) < 4.78 is 5.99. The minimum absolute atomic E-state index is 0.373. The molecule has 1 N–H and O–H groups in total. The average Bonchev–Trinajstić information content (AvgIpc) is 2.58.